The molecule has 3 fully saturated rings. The van der Waals surface area contributed by atoms with Gasteiger partial charge in [0.05, 0.1) is 0 Å². The van der Waals surface area contributed by atoms with Crippen LogP contribution in [0.5, 0.6) is 11.5 Å². The number of carbonyl (C=O) groups is 1. The van der Waals surface area contributed by atoms with Crippen molar-refractivity contribution in [3.05, 3.63) is 72.3 Å². The number of anilines is 1. The number of aromatic nitrogens is 4. The van der Waals surface area contributed by atoms with Crippen molar-refractivity contribution < 1.29 is 18.7 Å². The zero-order valence-electron chi connectivity index (χ0n) is 26.5. The van der Waals surface area contributed by atoms with E-state index in [4.69, 9.17) is 20.3 Å². The number of fused-ring (bicyclic) bond motifs is 1. The van der Waals surface area contributed by atoms with Gasteiger partial charge in [0.15, 0.2) is 0 Å². The van der Waals surface area contributed by atoms with Crippen molar-refractivity contribution in [3.8, 4) is 28.8 Å². The number of nitriles is 1. The molecule has 2 aliphatic heterocycles. The third kappa shape index (κ3) is 6.24. The Morgan fingerprint density at radius 3 is 2.60 bits per heavy atom. The summed E-state index contributed by atoms with van der Waals surface area (Å²) in [5, 5.41) is 15.5. The molecule has 242 valence electrons. The molecule has 2 aromatic heterocycles. The van der Waals surface area contributed by atoms with E-state index in [-0.39, 0.29) is 33.1 Å². The summed E-state index contributed by atoms with van der Waals surface area (Å²) in [5.74, 6) is 0.350. The van der Waals surface area contributed by atoms with Gasteiger partial charge < -0.3 is 4.74 Å². The third-order valence-electron chi connectivity index (χ3n) is 9.19. The maximum absolute atomic E-state index is 15.7. The molecule has 2 N–H and O–H groups in total. The molecular formula is C35H37AsFN7O3. The van der Waals surface area contributed by atoms with Crippen molar-refractivity contribution in [3.63, 3.8) is 0 Å². The molecule has 0 spiro atoms. The Labute approximate surface area is 277 Å². The van der Waals surface area contributed by atoms with E-state index in [1.807, 2.05) is 24.3 Å². The first kappa shape index (κ1) is 31.3. The molecular weight excluding hydrogens is 660 g/mol. The minimum atomic E-state index is -1.40. The fraction of sp³-hybridized carbons (Fsp3) is 0.400. The van der Waals surface area contributed by atoms with Crippen molar-refractivity contribution in [2.24, 2.45) is 0 Å². The molecule has 3 aliphatic rings. The number of carbonyl (C=O) groups excluding carboxylic acids is 1. The van der Waals surface area contributed by atoms with Crippen LogP contribution in [0.2, 0.25) is 13.6 Å². The molecule has 2 saturated heterocycles. The number of rotatable bonds is 9. The van der Waals surface area contributed by atoms with Crippen LogP contribution in [0.4, 0.5) is 10.2 Å². The number of piperidine rings is 1. The number of nitrogens with two attached hydrogens (primary N) is 1. The summed E-state index contributed by atoms with van der Waals surface area (Å²) in [6, 6.07) is 15.8. The van der Waals surface area contributed by atoms with Gasteiger partial charge in [0.25, 0.3) is 0 Å². The number of para-hydroxylation sites is 1. The van der Waals surface area contributed by atoms with E-state index in [2.05, 4.69) is 29.9 Å². The molecule has 1 aliphatic carbocycles. The first-order valence-corrected chi connectivity index (χ1v) is 19.1. The number of benzene rings is 2. The fourth-order valence-corrected chi connectivity index (χ4v) is 15.2. The maximum atomic E-state index is 15.7. The number of hydrogen-bond acceptors (Lipinski definition) is 8. The van der Waals surface area contributed by atoms with Crippen LogP contribution in [0.1, 0.15) is 45.6 Å². The van der Waals surface area contributed by atoms with Crippen molar-refractivity contribution in [2.75, 3.05) is 32.0 Å². The van der Waals surface area contributed by atoms with E-state index < -0.39 is 20.5 Å². The van der Waals surface area contributed by atoms with Crippen LogP contribution in [0.25, 0.3) is 22.3 Å². The molecule has 4 aromatic rings. The molecule has 47 heavy (non-hydrogen) atoms. The first-order chi connectivity index (χ1) is 22.7. The second-order valence-electron chi connectivity index (χ2n) is 13.0. The molecule has 10 nitrogen and oxygen atoms in total. The molecule has 1 amide bonds. The van der Waals surface area contributed by atoms with Gasteiger partial charge in [-0.25, -0.2) is 4.39 Å². The summed E-state index contributed by atoms with van der Waals surface area (Å²) in [6.45, 7) is 6.89. The molecule has 0 bridgehead atoms. The summed E-state index contributed by atoms with van der Waals surface area (Å²) in [7, 11) is 0. The normalized spacial score (nSPS) is 19.7. The summed E-state index contributed by atoms with van der Waals surface area (Å²) in [6.07, 6.45) is 7.27. The standard InChI is InChI=1S/C35H37AsFN7O3/c1-35(2,36(23-10-11-23)24-19-46-20-24)16-22(17-38)34(45)43-14-6-7-25(18-43)44-33-30(32(39)40-21-41-33)31(42-44)28-13-12-27(15-29(28)37)47-26-8-4-3-5-9-26/h3-5,8-9,12-13,15-16,21,23-25H,6-7,10-11,14,18-20H2,1-2H3,(H2,39,40,41). The summed E-state index contributed by atoms with van der Waals surface area (Å²) >= 11 is -1.40. The Morgan fingerprint density at radius 2 is 1.91 bits per heavy atom. The summed E-state index contributed by atoms with van der Waals surface area (Å²) in [4.78, 5) is 24.3. The SMILES string of the molecule is CC(C)(C=C(C#N)C(=O)N1CCCC(n2nc(-c3ccc(Oc4ccccc4)cc3F)c3c(N)ncnc32)C1)[As](C1CC1)C1COC1. The van der Waals surface area contributed by atoms with Gasteiger partial charge in [-0.15, -0.1) is 0 Å². The number of nitrogen functional groups attached to an aromatic ring is 1. The molecule has 0 radical (unpaired) electrons. The van der Waals surface area contributed by atoms with Gasteiger partial charge in [-0.2, -0.15) is 0 Å². The molecule has 1 saturated carbocycles. The second-order valence-corrected chi connectivity index (χ2v) is 20.2. The quantitative estimate of drug-likeness (QED) is 0.120. The average molecular weight is 698 g/mol. The average Bonchev–Trinajstić information content (AvgIpc) is 3.81. The first-order valence-electron chi connectivity index (χ1n) is 16.0. The fourth-order valence-electron chi connectivity index (χ4n) is 6.87. The van der Waals surface area contributed by atoms with Crippen molar-refractivity contribution in [1.29, 1.82) is 5.26 Å². The van der Waals surface area contributed by atoms with Gasteiger partial charge in [-0.3, -0.25) is 0 Å². The molecule has 7 rings (SSSR count). The Bertz CT molecular complexity index is 1880. The number of ether oxygens (including phenoxy) is 2. The van der Waals surface area contributed by atoms with Crippen LogP contribution in [-0.2, 0) is 9.53 Å². The number of halogens is 1. The predicted molar refractivity (Wildman–Crippen MR) is 178 cm³/mol. The number of nitrogens with zero attached hydrogens (tertiary/aromatic N) is 6. The van der Waals surface area contributed by atoms with E-state index in [1.54, 1.807) is 33.8 Å². The predicted octanol–water partition coefficient (Wildman–Crippen LogP) is 6.46. The number of hydrogen-bond donors (Lipinski definition) is 1. The minimum absolute atomic E-state index is 0.175. The Kier molecular flexibility index (Phi) is 8.50. The Morgan fingerprint density at radius 1 is 1.13 bits per heavy atom. The second kappa shape index (κ2) is 12.7. The van der Waals surface area contributed by atoms with Crippen LogP contribution in [0.15, 0.2) is 66.5 Å². The topological polar surface area (TPSA) is 132 Å². The summed E-state index contributed by atoms with van der Waals surface area (Å²) < 4.78 is 29.9. The molecule has 4 heterocycles. The van der Waals surface area contributed by atoms with E-state index >= 15 is 4.39 Å². The van der Waals surface area contributed by atoms with Crippen molar-refractivity contribution in [2.45, 2.75) is 59.2 Å². The monoisotopic (exact) mass is 697 g/mol. The van der Waals surface area contributed by atoms with Crippen LogP contribution in [0, 0.1) is 17.1 Å². The molecule has 2 unspecified atom stereocenters. The number of likely N-dealkylation sites (tertiary alicyclic amines) is 1. The molecule has 12 heteroatoms. The summed E-state index contributed by atoms with van der Waals surface area (Å²) in [5.41, 5.74) is 7.56. The van der Waals surface area contributed by atoms with Gasteiger partial charge >= 0.3 is 215 Å². The van der Waals surface area contributed by atoms with E-state index in [1.165, 1.54) is 25.2 Å². The van der Waals surface area contributed by atoms with Gasteiger partial charge in [-0.1, -0.05) is 18.2 Å². The third-order valence-corrected chi connectivity index (χ3v) is 17.3. The van der Waals surface area contributed by atoms with Crippen molar-refractivity contribution in [1.82, 2.24) is 24.6 Å². The zero-order valence-corrected chi connectivity index (χ0v) is 28.3. The van der Waals surface area contributed by atoms with Gasteiger partial charge in [0, 0.05) is 6.07 Å². The van der Waals surface area contributed by atoms with Gasteiger partial charge in [-0.05, 0) is 18.2 Å². The number of amides is 1. The van der Waals surface area contributed by atoms with E-state index in [0.717, 1.165) is 30.8 Å². The van der Waals surface area contributed by atoms with E-state index in [9.17, 15) is 10.1 Å². The van der Waals surface area contributed by atoms with Crippen LogP contribution >= 0.6 is 0 Å². The Hall–Kier alpha value is -4.26. The van der Waals surface area contributed by atoms with Gasteiger partial charge in [0.2, 0.25) is 0 Å². The number of allylic oxidation sites excluding steroid dienone is 1. The van der Waals surface area contributed by atoms with E-state index in [0.29, 0.717) is 46.0 Å². The van der Waals surface area contributed by atoms with Crippen LogP contribution in [-0.4, -0.2) is 71.5 Å². The molecule has 2 atom stereocenters. The zero-order chi connectivity index (χ0) is 32.7. The van der Waals surface area contributed by atoms with Crippen LogP contribution in [0.3, 0.4) is 0 Å². The van der Waals surface area contributed by atoms with Crippen LogP contribution < -0.4 is 10.5 Å². The van der Waals surface area contributed by atoms with Gasteiger partial charge in [0.1, 0.15) is 11.5 Å². The molecule has 2 aromatic carbocycles. The van der Waals surface area contributed by atoms with Crippen molar-refractivity contribution >= 4 is 37.4 Å². The Balaban J connectivity index is 1.16.